The number of esters is 1. The summed E-state index contributed by atoms with van der Waals surface area (Å²) in [7, 11) is 1.48. The van der Waals surface area contributed by atoms with E-state index in [2.05, 4.69) is 70.2 Å². The second-order valence-corrected chi connectivity index (χ2v) is 11.6. The minimum atomic E-state index is -0.853. The standard InChI is InChI=1S/C29H42BrNO3/c1-5-29(27(32)33-4)19-24(31(34-29)17-15-22-10-7-6-8-11-22)18-21(2)25-13-14-26-23(20-30)12-9-16-28(25,26)3/h6-8,10-11,20-21,24-26H,5,9,12-19H2,1-4H3/t21-,24?,25-,26+,28-,29?/m1/s1. The highest BCUT2D eigenvalue weighted by molar-refractivity contribution is 9.11. The van der Waals surface area contributed by atoms with Gasteiger partial charge in [0.05, 0.1) is 7.11 Å². The van der Waals surface area contributed by atoms with Crippen molar-refractivity contribution in [2.75, 3.05) is 13.7 Å². The highest BCUT2D eigenvalue weighted by Crippen LogP contribution is 2.60. The number of hydrogen-bond donors (Lipinski definition) is 0. The maximum absolute atomic E-state index is 12.8. The van der Waals surface area contributed by atoms with Crippen molar-refractivity contribution < 1.29 is 14.4 Å². The smallest absolute Gasteiger partial charge is 0.340 e. The van der Waals surface area contributed by atoms with Crippen LogP contribution in [-0.2, 0) is 20.8 Å². The maximum atomic E-state index is 12.8. The molecule has 4 rings (SSSR count). The van der Waals surface area contributed by atoms with E-state index in [9.17, 15) is 4.79 Å². The number of benzene rings is 1. The zero-order valence-electron chi connectivity index (χ0n) is 21.4. The van der Waals surface area contributed by atoms with Crippen molar-refractivity contribution in [2.24, 2.45) is 23.2 Å². The highest BCUT2D eigenvalue weighted by Gasteiger charge is 2.54. The number of methoxy groups -OCH3 is 1. The lowest BCUT2D eigenvalue weighted by Gasteiger charge is -2.44. The summed E-state index contributed by atoms with van der Waals surface area (Å²) in [5, 5.41) is 2.13. The minimum Gasteiger partial charge on any atom is -0.467 e. The zero-order valence-corrected chi connectivity index (χ0v) is 23.0. The molecule has 0 aromatic heterocycles. The molecule has 1 heterocycles. The van der Waals surface area contributed by atoms with Crippen molar-refractivity contribution in [2.45, 2.75) is 90.2 Å². The third-order valence-corrected chi connectivity index (χ3v) is 9.95. The van der Waals surface area contributed by atoms with Gasteiger partial charge in [0.15, 0.2) is 5.60 Å². The Morgan fingerprint density at radius 3 is 2.76 bits per heavy atom. The molecule has 34 heavy (non-hydrogen) atoms. The van der Waals surface area contributed by atoms with E-state index in [0.29, 0.717) is 36.0 Å². The van der Waals surface area contributed by atoms with Crippen LogP contribution in [0.3, 0.4) is 0 Å². The average molecular weight is 533 g/mol. The van der Waals surface area contributed by atoms with Crippen molar-refractivity contribution in [3.63, 3.8) is 0 Å². The number of ether oxygens (including phenoxy) is 1. The molecule has 0 radical (unpaired) electrons. The SMILES string of the molecule is CCC1(C(=O)OC)CC(C[C@@H](C)[C@H]2CC[C@H]3C(=CBr)CCC[C@]23C)N(CCc2ccccc2)O1. The van der Waals surface area contributed by atoms with Crippen molar-refractivity contribution in [3.8, 4) is 0 Å². The quantitative estimate of drug-likeness (QED) is 0.336. The van der Waals surface area contributed by atoms with Crippen LogP contribution in [0.2, 0.25) is 0 Å². The molecule has 2 aliphatic carbocycles. The summed E-state index contributed by atoms with van der Waals surface area (Å²) in [6.07, 6.45) is 9.81. The molecule has 0 spiro atoms. The number of rotatable bonds is 8. The Labute approximate surface area is 214 Å². The van der Waals surface area contributed by atoms with Crippen LogP contribution in [0.4, 0.5) is 0 Å². The number of carbonyl (C=O) groups is 1. The first-order valence-corrected chi connectivity index (χ1v) is 14.2. The second kappa shape index (κ2) is 10.8. The summed E-state index contributed by atoms with van der Waals surface area (Å²) >= 11 is 3.66. The van der Waals surface area contributed by atoms with Gasteiger partial charge in [0.1, 0.15) is 0 Å². The van der Waals surface area contributed by atoms with Crippen LogP contribution in [0.25, 0.3) is 0 Å². The predicted molar refractivity (Wildman–Crippen MR) is 140 cm³/mol. The topological polar surface area (TPSA) is 38.8 Å². The van der Waals surface area contributed by atoms with Gasteiger partial charge in [-0.25, -0.2) is 4.79 Å². The van der Waals surface area contributed by atoms with E-state index in [4.69, 9.17) is 9.57 Å². The van der Waals surface area contributed by atoms with Gasteiger partial charge < -0.3 is 4.74 Å². The Kier molecular flexibility index (Phi) is 8.26. The van der Waals surface area contributed by atoms with E-state index in [1.807, 2.05) is 6.92 Å². The Morgan fingerprint density at radius 2 is 2.09 bits per heavy atom. The van der Waals surface area contributed by atoms with Gasteiger partial charge in [0.25, 0.3) is 0 Å². The van der Waals surface area contributed by atoms with Crippen LogP contribution < -0.4 is 0 Å². The first kappa shape index (κ1) is 25.9. The van der Waals surface area contributed by atoms with Gasteiger partial charge in [-0.05, 0) is 85.1 Å². The van der Waals surface area contributed by atoms with E-state index < -0.39 is 5.60 Å². The average Bonchev–Trinajstić information content (AvgIpc) is 3.40. The molecule has 3 fully saturated rings. The summed E-state index contributed by atoms with van der Waals surface area (Å²) in [5.41, 5.74) is 2.45. The summed E-state index contributed by atoms with van der Waals surface area (Å²) in [4.78, 5) is 21.5. The molecule has 3 aliphatic rings. The molecule has 0 N–H and O–H groups in total. The van der Waals surface area contributed by atoms with Crippen LogP contribution in [0.1, 0.15) is 77.7 Å². The molecule has 2 unspecified atom stereocenters. The fourth-order valence-electron chi connectivity index (χ4n) is 7.53. The fourth-order valence-corrected chi connectivity index (χ4v) is 8.08. The Morgan fingerprint density at radius 1 is 1.32 bits per heavy atom. The van der Waals surface area contributed by atoms with Crippen LogP contribution in [-0.4, -0.2) is 36.3 Å². The van der Waals surface area contributed by atoms with Crippen molar-refractivity contribution in [3.05, 3.63) is 46.5 Å². The maximum Gasteiger partial charge on any atom is 0.340 e. The molecule has 2 saturated carbocycles. The number of hydroxylamine groups is 2. The number of allylic oxidation sites excluding steroid dienone is 1. The molecule has 0 bridgehead atoms. The van der Waals surface area contributed by atoms with Gasteiger partial charge >= 0.3 is 5.97 Å². The predicted octanol–water partition coefficient (Wildman–Crippen LogP) is 7.08. The molecule has 4 nitrogen and oxygen atoms in total. The zero-order chi connectivity index (χ0) is 24.3. The molecular formula is C29H42BrNO3. The van der Waals surface area contributed by atoms with Gasteiger partial charge in [0.2, 0.25) is 0 Å². The Balaban J connectivity index is 1.50. The lowest BCUT2D eigenvalue weighted by atomic mass is 9.61. The summed E-state index contributed by atoms with van der Waals surface area (Å²) in [6, 6.07) is 10.8. The number of hydrogen-bond acceptors (Lipinski definition) is 4. The third kappa shape index (κ3) is 4.90. The van der Waals surface area contributed by atoms with Gasteiger partial charge in [0, 0.05) is 19.0 Å². The molecule has 1 aliphatic heterocycles. The molecule has 188 valence electrons. The van der Waals surface area contributed by atoms with Crippen LogP contribution in [0.5, 0.6) is 0 Å². The molecule has 1 aromatic carbocycles. The monoisotopic (exact) mass is 531 g/mol. The Bertz CT molecular complexity index is 873. The van der Waals surface area contributed by atoms with E-state index in [1.165, 1.54) is 44.8 Å². The molecule has 1 saturated heterocycles. The Hall–Kier alpha value is -1.17. The first-order chi connectivity index (χ1) is 16.4. The van der Waals surface area contributed by atoms with Crippen LogP contribution >= 0.6 is 15.9 Å². The van der Waals surface area contributed by atoms with Crippen LogP contribution in [0, 0.1) is 23.2 Å². The lowest BCUT2D eigenvalue weighted by molar-refractivity contribution is -0.220. The van der Waals surface area contributed by atoms with E-state index >= 15 is 0 Å². The summed E-state index contributed by atoms with van der Waals surface area (Å²) < 4.78 is 5.20. The van der Waals surface area contributed by atoms with Gasteiger partial charge in [-0.2, -0.15) is 5.06 Å². The van der Waals surface area contributed by atoms with E-state index in [1.54, 1.807) is 5.57 Å². The fraction of sp³-hybridized carbons (Fsp3) is 0.690. The van der Waals surface area contributed by atoms with Gasteiger partial charge in [-0.15, -0.1) is 0 Å². The summed E-state index contributed by atoms with van der Waals surface area (Å²) in [5.74, 6) is 1.78. The molecule has 6 atom stereocenters. The molecule has 0 amide bonds. The summed E-state index contributed by atoms with van der Waals surface area (Å²) in [6.45, 7) is 7.83. The van der Waals surface area contributed by atoms with E-state index in [0.717, 1.165) is 19.4 Å². The minimum absolute atomic E-state index is 0.232. The number of nitrogens with zero attached hydrogens (tertiary/aromatic N) is 1. The second-order valence-electron chi connectivity index (χ2n) is 11.2. The highest BCUT2D eigenvalue weighted by atomic mass is 79.9. The van der Waals surface area contributed by atoms with Crippen molar-refractivity contribution >= 4 is 21.9 Å². The van der Waals surface area contributed by atoms with Gasteiger partial charge in [-0.3, -0.25) is 4.84 Å². The largest absolute Gasteiger partial charge is 0.467 e. The molecular weight excluding hydrogens is 490 g/mol. The van der Waals surface area contributed by atoms with Gasteiger partial charge in [-0.1, -0.05) is 72.6 Å². The third-order valence-electron chi connectivity index (χ3n) is 9.37. The first-order valence-electron chi connectivity index (χ1n) is 13.2. The van der Waals surface area contributed by atoms with E-state index in [-0.39, 0.29) is 12.0 Å². The van der Waals surface area contributed by atoms with Crippen LogP contribution in [0.15, 0.2) is 40.9 Å². The molecule has 1 aromatic rings. The lowest BCUT2D eigenvalue weighted by Crippen LogP contribution is -2.40. The number of carbonyl (C=O) groups excluding carboxylic acids is 1. The normalized spacial score (nSPS) is 35.9. The molecule has 5 heteroatoms. The number of fused-ring (bicyclic) bond motifs is 1. The van der Waals surface area contributed by atoms with Crippen molar-refractivity contribution in [1.29, 1.82) is 0 Å². The van der Waals surface area contributed by atoms with Crippen molar-refractivity contribution in [1.82, 2.24) is 5.06 Å². The number of halogens is 1.